The van der Waals surface area contributed by atoms with Gasteiger partial charge in [-0.2, -0.15) is 23.4 Å². The van der Waals surface area contributed by atoms with Crippen LogP contribution in [0.5, 0.6) is 5.75 Å². The minimum absolute atomic E-state index is 0.0446. The number of nitrogens with zero attached hydrogens (tertiary/aromatic N) is 3. The number of hydrogen-bond acceptors (Lipinski definition) is 5. The third-order valence-corrected chi connectivity index (χ3v) is 2.47. The molecule has 104 valence electrons. The number of rotatable bonds is 3. The monoisotopic (exact) mass is 283 g/mol. The van der Waals surface area contributed by atoms with Crippen molar-refractivity contribution in [3.63, 3.8) is 0 Å². The van der Waals surface area contributed by atoms with Gasteiger partial charge in [-0.05, 0) is 25.1 Å². The van der Waals surface area contributed by atoms with Crippen molar-refractivity contribution in [3.8, 4) is 23.3 Å². The Hall–Kier alpha value is -2.56. The molecule has 0 spiro atoms. The lowest BCUT2D eigenvalue weighted by molar-refractivity contribution is -0.189. The van der Waals surface area contributed by atoms with Gasteiger partial charge < -0.3 is 9.26 Å². The Morgan fingerprint density at radius 3 is 2.70 bits per heavy atom. The molecule has 0 N–H and O–H groups in total. The molecule has 8 heteroatoms. The van der Waals surface area contributed by atoms with E-state index in [0.717, 1.165) is 6.92 Å². The summed E-state index contributed by atoms with van der Waals surface area (Å²) in [5, 5.41) is 12.4. The van der Waals surface area contributed by atoms with Crippen LogP contribution in [0.25, 0.3) is 11.5 Å². The molecule has 0 aliphatic carbocycles. The van der Waals surface area contributed by atoms with E-state index in [-0.39, 0.29) is 17.2 Å². The average Bonchev–Trinajstić information content (AvgIpc) is 2.92. The number of halogens is 3. The molecule has 1 aromatic carbocycles. The van der Waals surface area contributed by atoms with E-state index in [0.29, 0.717) is 5.56 Å². The first-order valence-electron chi connectivity index (χ1n) is 5.46. The fourth-order valence-corrected chi connectivity index (χ4v) is 1.41. The molecule has 0 aliphatic rings. The first-order valence-corrected chi connectivity index (χ1v) is 5.46. The van der Waals surface area contributed by atoms with Gasteiger partial charge in [0.2, 0.25) is 0 Å². The van der Waals surface area contributed by atoms with Gasteiger partial charge in [-0.1, -0.05) is 5.16 Å². The lowest BCUT2D eigenvalue weighted by atomic mass is 10.1. The molecule has 1 aromatic heterocycles. The zero-order valence-electron chi connectivity index (χ0n) is 10.2. The SMILES string of the molecule is CC(Oc1ccc(-c2ncno2)cc1C#N)C(F)(F)F. The van der Waals surface area contributed by atoms with Crippen molar-refractivity contribution < 1.29 is 22.4 Å². The Balaban J connectivity index is 2.30. The van der Waals surface area contributed by atoms with E-state index in [9.17, 15) is 13.2 Å². The van der Waals surface area contributed by atoms with E-state index in [4.69, 9.17) is 14.5 Å². The molecule has 0 fully saturated rings. The van der Waals surface area contributed by atoms with Crippen molar-refractivity contribution in [1.29, 1.82) is 5.26 Å². The summed E-state index contributed by atoms with van der Waals surface area (Å²) < 4.78 is 46.9. The van der Waals surface area contributed by atoms with Gasteiger partial charge in [0.25, 0.3) is 5.89 Å². The summed E-state index contributed by atoms with van der Waals surface area (Å²) in [6, 6.07) is 5.80. The molecule has 0 amide bonds. The van der Waals surface area contributed by atoms with Crippen LogP contribution in [-0.2, 0) is 0 Å². The van der Waals surface area contributed by atoms with Crippen LogP contribution >= 0.6 is 0 Å². The number of benzene rings is 1. The molecule has 0 aliphatic heterocycles. The lowest BCUT2D eigenvalue weighted by Crippen LogP contribution is -2.31. The number of nitriles is 1. The Morgan fingerprint density at radius 1 is 1.40 bits per heavy atom. The summed E-state index contributed by atoms with van der Waals surface area (Å²) in [6.07, 6.45) is -5.33. The van der Waals surface area contributed by atoms with Crippen molar-refractivity contribution >= 4 is 0 Å². The fourth-order valence-electron chi connectivity index (χ4n) is 1.41. The van der Waals surface area contributed by atoms with Crippen LogP contribution in [0.3, 0.4) is 0 Å². The first kappa shape index (κ1) is 13.9. The zero-order chi connectivity index (χ0) is 14.8. The van der Waals surface area contributed by atoms with E-state index < -0.39 is 12.3 Å². The normalized spacial score (nSPS) is 12.8. The minimum Gasteiger partial charge on any atom is -0.480 e. The predicted octanol–water partition coefficient (Wildman–Crippen LogP) is 2.94. The van der Waals surface area contributed by atoms with E-state index in [2.05, 4.69) is 10.1 Å². The number of hydrogen-bond donors (Lipinski definition) is 0. The third kappa shape index (κ3) is 2.88. The van der Waals surface area contributed by atoms with Gasteiger partial charge in [0.05, 0.1) is 5.56 Å². The molecular formula is C12H8F3N3O2. The Labute approximate surface area is 111 Å². The molecular weight excluding hydrogens is 275 g/mol. The van der Waals surface area contributed by atoms with Gasteiger partial charge in [0.1, 0.15) is 11.8 Å². The summed E-state index contributed by atoms with van der Waals surface area (Å²) in [4.78, 5) is 3.78. The highest BCUT2D eigenvalue weighted by atomic mass is 19.4. The van der Waals surface area contributed by atoms with Gasteiger partial charge >= 0.3 is 6.18 Å². The maximum Gasteiger partial charge on any atom is 0.425 e. The topological polar surface area (TPSA) is 71.9 Å². The molecule has 1 atom stereocenters. The zero-order valence-corrected chi connectivity index (χ0v) is 10.2. The van der Waals surface area contributed by atoms with Crippen LogP contribution in [0, 0.1) is 11.3 Å². The van der Waals surface area contributed by atoms with Crippen molar-refractivity contribution in [2.45, 2.75) is 19.2 Å². The van der Waals surface area contributed by atoms with Crippen LogP contribution in [0.2, 0.25) is 0 Å². The maximum atomic E-state index is 12.4. The molecule has 20 heavy (non-hydrogen) atoms. The highest BCUT2D eigenvalue weighted by Gasteiger charge is 2.38. The molecule has 2 rings (SSSR count). The van der Waals surface area contributed by atoms with E-state index in [1.165, 1.54) is 24.5 Å². The summed E-state index contributed by atoms with van der Waals surface area (Å²) in [7, 11) is 0. The van der Waals surface area contributed by atoms with Crippen molar-refractivity contribution in [2.75, 3.05) is 0 Å². The van der Waals surface area contributed by atoms with Gasteiger partial charge in [-0.25, -0.2) is 0 Å². The molecule has 5 nitrogen and oxygen atoms in total. The van der Waals surface area contributed by atoms with Gasteiger partial charge in [0.15, 0.2) is 12.4 Å². The summed E-state index contributed by atoms with van der Waals surface area (Å²) in [6.45, 7) is 0.868. The Kier molecular flexibility index (Phi) is 3.61. The largest absolute Gasteiger partial charge is 0.480 e. The molecule has 0 saturated heterocycles. The Bertz CT molecular complexity index is 632. The van der Waals surface area contributed by atoms with Crippen molar-refractivity contribution in [2.24, 2.45) is 0 Å². The van der Waals surface area contributed by atoms with Crippen LogP contribution in [0.4, 0.5) is 13.2 Å². The second-order valence-corrected chi connectivity index (χ2v) is 3.87. The fraction of sp³-hybridized carbons (Fsp3) is 0.250. The highest BCUT2D eigenvalue weighted by molar-refractivity contribution is 5.59. The molecule has 1 unspecified atom stereocenters. The highest BCUT2D eigenvalue weighted by Crippen LogP contribution is 2.29. The third-order valence-electron chi connectivity index (χ3n) is 2.47. The standard InChI is InChI=1S/C12H8F3N3O2/c1-7(12(13,14)15)19-10-3-2-8(4-9(10)5-16)11-17-6-18-20-11/h2-4,6-7H,1H3. The van der Waals surface area contributed by atoms with Gasteiger partial charge in [-0.3, -0.25) is 0 Å². The quantitative estimate of drug-likeness (QED) is 0.866. The molecule has 1 heterocycles. The lowest BCUT2D eigenvalue weighted by Gasteiger charge is -2.18. The van der Waals surface area contributed by atoms with Gasteiger partial charge in [0, 0.05) is 5.56 Å². The number of ether oxygens (including phenoxy) is 1. The second kappa shape index (κ2) is 5.21. The summed E-state index contributed by atoms with van der Waals surface area (Å²) in [5.41, 5.74) is 0.378. The summed E-state index contributed by atoms with van der Waals surface area (Å²) >= 11 is 0. The predicted molar refractivity (Wildman–Crippen MR) is 60.6 cm³/mol. The second-order valence-electron chi connectivity index (χ2n) is 3.87. The van der Waals surface area contributed by atoms with Crippen LogP contribution in [0.15, 0.2) is 29.0 Å². The van der Waals surface area contributed by atoms with Crippen molar-refractivity contribution in [1.82, 2.24) is 10.1 Å². The van der Waals surface area contributed by atoms with Crippen LogP contribution in [0.1, 0.15) is 12.5 Å². The van der Waals surface area contributed by atoms with Crippen LogP contribution < -0.4 is 4.74 Å². The van der Waals surface area contributed by atoms with E-state index >= 15 is 0 Å². The average molecular weight is 283 g/mol. The number of alkyl halides is 3. The van der Waals surface area contributed by atoms with Gasteiger partial charge in [-0.15, -0.1) is 0 Å². The van der Waals surface area contributed by atoms with E-state index in [1.54, 1.807) is 6.07 Å². The molecule has 2 aromatic rings. The maximum absolute atomic E-state index is 12.4. The smallest absolute Gasteiger partial charge is 0.425 e. The molecule has 0 bridgehead atoms. The first-order chi connectivity index (χ1) is 9.41. The van der Waals surface area contributed by atoms with E-state index in [1.807, 2.05) is 0 Å². The minimum atomic E-state index is -4.50. The van der Waals surface area contributed by atoms with Crippen molar-refractivity contribution in [3.05, 3.63) is 30.1 Å². The number of aromatic nitrogens is 2. The Morgan fingerprint density at radius 2 is 2.15 bits per heavy atom. The summed E-state index contributed by atoms with van der Waals surface area (Å²) in [5.74, 6) is 0.0116. The molecule has 0 radical (unpaired) electrons. The van der Waals surface area contributed by atoms with Crippen LogP contribution in [-0.4, -0.2) is 22.4 Å². The molecule has 0 saturated carbocycles.